The van der Waals surface area contributed by atoms with Crippen LogP contribution in [-0.2, 0) is 0 Å². The Bertz CT molecular complexity index is 197. The number of aliphatic hydroxyl groups excluding tert-OH is 1. The van der Waals surface area contributed by atoms with Gasteiger partial charge in [0.25, 0.3) is 0 Å². The summed E-state index contributed by atoms with van der Waals surface area (Å²) in [7, 11) is 0. The normalized spacial score (nSPS) is 29.1. The molecule has 96 valence electrons. The molecule has 1 fully saturated rings. The Hall–Kier alpha value is -0.0800. The second kappa shape index (κ2) is 6.02. The summed E-state index contributed by atoms with van der Waals surface area (Å²) >= 11 is 0. The molecule has 0 aliphatic heterocycles. The standard InChI is InChI=1S/C14H29NO/c1-11-7-5-6-8-13(11)15-10-12(16)9-14(2,3)4/h11-13,15-16H,5-10H2,1-4H3. The van der Waals surface area contributed by atoms with Crippen LogP contribution in [0.1, 0.15) is 59.8 Å². The van der Waals surface area contributed by atoms with Crippen LogP contribution in [0.25, 0.3) is 0 Å². The van der Waals surface area contributed by atoms with Crippen LogP contribution in [0.15, 0.2) is 0 Å². The molecule has 0 aromatic carbocycles. The van der Waals surface area contributed by atoms with Crippen molar-refractivity contribution in [2.45, 2.75) is 71.9 Å². The van der Waals surface area contributed by atoms with Crippen LogP contribution in [0.4, 0.5) is 0 Å². The van der Waals surface area contributed by atoms with Crippen LogP contribution in [0.3, 0.4) is 0 Å². The van der Waals surface area contributed by atoms with Crippen molar-refractivity contribution in [3.05, 3.63) is 0 Å². The van der Waals surface area contributed by atoms with Gasteiger partial charge >= 0.3 is 0 Å². The molecule has 3 unspecified atom stereocenters. The van der Waals surface area contributed by atoms with Gasteiger partial charge in [0.15, 0.2) is 0 Å². The van der Waals surface area contributed by atoms with Gasteiger partial charge in [-0.05, 0) is 30.6 Å². The van der Waals surface area contributed by atoms with Gasteiger partial charge in [0.05, 0.1) is 6.10 Å². The van der Waals surface area contributed by atoms with Gasteiger partial charge in [-0.3, -0.25) is 0 Å². The summed E-state index contributed by atoms with van der Waals surface area (Å²) in [6.45, 7) is 9.62. The summed E-state index contributed by atoms with van der Waals surface area (Å²) in [5.74, 6) is 0.774. The number of rotatable bonds is 4. The lowest BCUT2D eigenvalue weighted by atomic mass is 9.85. The molecule has 0 heterocycles. The van der Waals surface area contributed by atoms with E-state index in [1.54, 1.807) is 0 Å². The summed E-state index contributed by atoms with van der Waals surface area (Å²) in [6.07, 6.45) is 6.02. The zero-order valence-electron chi connectivity index (χ0n) is 11.4. The predicted molar refractivity (Wildman–Crippen MR) is 69.5 cm³/mol. The van der Waals surface area contributed by atoms with E-state index >= 15 is 0 Å². The van der Waals surface area contributed by atoms with Gasteiger partial charge in [-0.1, -0.05) is 40.5 Å². The molecule has 0 saturated heterocycles. The molecule has 2 nitrogen and oxygen atoms in total. The summed E-state index contributed by atoms with van der Waals surface area (Å²) in [6, 6.07) is 0.628. The molecule has 0 spiro atoms. The SMILES string of the molecule is CC1CCCCC1NCC(O)CC(C)(C)C. The van der Waals surface area contributed by atoms with Crippen molar-refractivity contribution in [2.75, 3.05) is 6.54 Å². The van der Waals surface area contributed by atoms with Crippen LogP contribution in [-0.4, -0.2) is 23.8 Å². The molecule has 1 aliphatic carbocycles. The largest absolute Gasteiger partial charge is 0.392 e. The summed E-state index contributed by atoms with van der Waals surface area (Å²) in [4.78, 5) is 0. The van der Waals surface area contributed by atoms with Crippen molar-refractivity contribution in [2.24, 2.45) is 11.3 Å². The van der Waals surface area contributed by atoms with Crippen molar-refractivity contribution < 1.29 is 5.11 Å². The Morgan fingerprint density at radius 3 is 2.44 bits per heavy atom. The van der Waals surface area contributed by atoms with Gasteiger partial charge in [0, 0.05) is 12.6 Å². The molecule has 16 heavy (non-hydrogen) atoms. The third-order valence-electron chi connectivity index (χ3n) is 3.58. The van der Waals surface area contributed by atoms with Crippen LogP contribution >= 0.6 is 0 Å². The van der Waals surface area contributed by atoms with Crippen LogP contribution in [0.2, 0.25) is 0 Å². The first-order valence-corrected chi connectivity index (χ1v) is 6.80. The van der Waals surface area contributed by atoms with E-state index < -0.39 is 0 Å². The molecule has 2 heteroatoms. The van der Waals surface area contributed by atoms with Gasteiger partial charge in [0.1, 0.15) is 0 Å². The number of hydrogen-bond acceptors (Lipinski definition) is 2. The van der Waals surface area contributed by atoms with E-state index in [0.29, 0.717) is 6.04 Å². The van der Waals surface area contributed by atoms with Gasteiger partial charge in [0.2, 0.25) is 0 Å². The van der Waals surface area contributed by atoms with Gasteiger partial charge in [-0.25, -0.2) is 0 Å². The van der Waals surface area contributed by atoms with Gasteiger partial charge in [-0.15, -0.1) is 0 Å². The molecule has 1 aliphatic rings. The Morgan fingerprint density at radius 2 is 1.88 bits per heavy atom. The molecule has 0 aromatic rings. The van der Waals surface area contributed by atoms with Crippen LogP contribution < -0.4 is 5.32 Å². The van der Waals surface area contributed by atoms with Crippen LogP contribution in [0, 0.1) is 11.3 Å². The van der Waals surface area contributed by atoms with E-state index in [4.69, 9.17) is 0 Å². The maximum atomic E-state index is 9.94. The van der Waals surface area contributed by atoms with E-state index in [1.165, 1.54) is 25.7 Å². The van der Waals surface area contributed by atoms with Crippen molar-refractivity contribution in [1.82, 2.24) is 5.32 Å². The van der Waals surface area contributed by atoms with E-state index in [0.717, 1.165) is 18.9 Å². The molecular weight excluding hydrogens is 198 g/mol. The topological polar surface area (TPSA) is 32.3 Å². The molecule has 0 radical (unpaired) electrons. The molecule has 1 rings (SSSR count). The van der Waals surface area contributed by atoms with E-state index in [1.807, 2.05) is 0 Å². The minimum absolute atomic E-state index is 0.200. The fourth-order valence-corrected chi connectivity index (χ4v) is 2.69. The molecular formula is C14H29NO. The Labute approximate surface area is 101 Å². The van der Waals surface area contributed by atoms with Crippen molar-refractivity contribution >= 4 is 0 Å². The van der Waals surface area contributed by atoms with Crippen molar-refractivity contribution in [3.63, 3.8) is 0 Å². The highest BCUT2D eigenvalue weighted by Crippen LogP contribution is 2.24. The third-order valence-corrected chi connectivity index (χ3v) is 3.58. The molecule has 0 aromatic heterocycles. The predicted octanol–water partition coefficient (Wildman–Crippen LogP) is 2.95. The second-order valence-corrected chi connectivity index (χ2v) is 6.70. The lowest BCUT2D eigenvalue weighted by Crippen LogP contribution is -2.42. The average Bonchev–Trinajstić information content (AvgIpc) is 2.14. The highest BCUT2D eigenvalue weighted by molar-refractivity contribution is 4.80. The maximum Gasteiger partial charge on any atom is 0.0669 e. The fraction of sp³-hybridized carbons (Fsp3) is 1.00. The maximum absolute atomic E-state index is 9.94. The first kappa shape index (κ1) is 14.0. The second-order valence-electron chi connectivity index (χ2n) is 6.70. The van der Waals surface area contributed by atoms with E-state index in [2.05, 4.69) is 33.0 Å². The van der Waals surface area contributed by atoms with Crippen molar-refractivity contribution in [3.8, 4) is 0 Å². The van der Waals surface area contributed by atoms with E-state index in [9.17, 15) is 5.11 Å². The number of nitrogens with one attached hydrogen (secondary N) is 1. The lowest BCUT2D eigenvalue weighted by Gasteiger charge is -2.31. The first-order valence-electron chi connectivity index (χ1n) is 6.80. The minimum atomic E-state index is -0.200. The lowest BCUT2D eigenvalue weighted by molar-refractivity contribution is 0.110. The monoisotopic (exact) mass is 227 g/mol. The van der Waals surface area contributed by atoms with Gasteiger partial charge < -0.3 is 10.4 Å². The first-order chi connectivity index (χ1) is 7.38. The van der Waals surface area contributed by atoms with Crippen molar-refractivity contribution in [1.29, 1.82) is 0 Å². The zero-order valence-corrected chi connectivity index (χ0v) is 11.4. The Balaban J connectivity index is 2.22. The molecule has 0 amide bonds. The quantitative estimate of drug-likeness (QED) is 0.774. The number of aliphatic hydroxyl groups is 1. The fourth-order valence-electron chi connectivity index (χ4n) is 2.69. The summed E-state index contributed by atoms with van der Waals surface area (Å²) in [5, 5.41) is 13.5. The zero-order chi connectivity index (χ0) is 12.2. The minimum Gasteiger partial charge on any atom is -0.392 e. The van der Waals surface area contributed by atoms with Gasteiger partial charge in [-0.2, -0.15) is 0 Å². The molecule has 1 saturated carbocycles. The Morgan fingerprint density at radius 1 is 1.25 bits per heavy atom. The summed E-state index contributed by atoms with van der Waals surface area (Å²) in [5.41, 5.74) is 0.222. The van der Waals surface area contributed by atoms with E-state index in [-0.39, 0.29) is 11.5 Å². The average molecular weight is 227 g/mol. The van der Waals surface area contributed by atoms with Crippen LogP contribution in [0.5, 0.6) is 0 Å². The highest BCUT2D eigenvalue weighted by atomic mass is 16.3. The highest BCUT2D eigenvalue weighted by Gasteiger charge is 2.22. The summed E-state index contributed by atoms with van der Waals surface area (Å²) < 4.78 is 0. The molecule has 2 N–H and O–H groups in total. The third kappa shape index (κ3) is 5.31. The molecule has 0 bridgehead atoms. The Kier molecular flexibility index (Phi) is 5.26. The smallest absolute Gasteiger partial charge is 0.0669 e. The number of hydrogen-bond donors (Lipinski definition) is 2. The molecule has 3 atom stereocenters.